The first-order valence-electron chi connectivity index (χ1n) is 8.37. The van der Waals surface area contributed by atoms with E-state index in [0.29, 0.717) is 6.61 Å². The molecular formula is C20H21F3O. The van der Waals surface area contributed by atoms with Crippen LogP contribution in [-0.2, 0) is 0 Å². The molecule has 128 valence electrons. The van der Waals surface area contributed by atoms with Gasteiger partial charge in [0.25, 0.3) is 0 Å². The van der Waals surface area contributed by atoms with Gasteiger partial charge in [0.2, 0.25) is 5.82 Å². The van der Waals surface area contributed by atoms with Crippen LogP contribution in [0.3, 0.4) is 0 Å². The van der Waals surface area contributed by atoms with Crippen molar-refractivity contribution in [1.82, 2.24) is 0 Å². The van der Waals surface area contributed by atoms with Gasteiger partial charge < -0.3 is 4.74 Å². The molecule has 0 aliphatic heterocycles. The Hall–Kier alpha value is -1.97. The Morgan fingerprint density at radius 2 is 1.71 bits per heavy atom. The monoisotopic (exact) mass is 334 g/mol. The predicted octanol–water partition coefficient (Wildman–Crippen LogP) is 5.77. The Bertz CT molecular complexity index is 706. The zero-order valence-electron chi connectivity index (χ0n) is 13.7. The molecule has 2 aromatic carbocycles. The molecule has 1 nitrogen and oxygen atoms in total. The van der Waals surface area contributed by atoms with Crippen LogP contribution in [0.1, 0.15) is 42.7 Å². The van der Waals surface area contributed by atoms with Gasteiger partial charge in [-0.3, -0.25) is 0 Å². The quantitative estimate of drug-likeness (QED) is 0.690. The molecule has 0 spiro atoms. The van der Waals surface area contributed by atoms with E-state index in [2.05, 4.69) is 0 Å². The molecule has 2 aromatic rings. The maximum absolute atomic E-state index is 14.1. The molecule has 1 saturated carbocycles. The van der Waals surface area contributed by atoms with E-state index < -0.39 is 11.6 Å². The standard InChI is InChI=1S/C20H21F3O/c1-13-5-10-16(18(22)11-13)15-8-6-14(7-9-15)12-24-19-4-2-3-17(21)20(19)23/h2-5,10-11,14-15H,6-9,12H2,1H3. The van der Waals surface area contributed by atoms with Gasteiger partial charge in [-0.25, -0.2) is 8.78 Å². The summed E-state index contributed by atoms with van der Waals surface area (Å²) in [5, 5.41) is 0. The van der Waals surface area contributed by atoms with Crippen LogP contribution in [-0.4, -0.2) is 6.61 Å². The van der Waals surface area contributed by atoms with E-state index in [1.165, 1.54) is 12.1 Å². The number of hydrogen-bond donors (Lipinski definition) is 0. The maximum Gasteiger partial charge on any atom is 0.200 e. The summed E-state index contributed by atoms with van der Waals surface area (Å²) in [6, 6.07) is 9.35. The van der Waals surface area contributed by atoms with Crippen LogP contribution in [0.2, 0.25) is 0 Å². The van der Waals surface area contributed by atoms with Gasteiger partial charge in [0.15, 0.2) is 11.6 Å². The highest BCUT2D eigenvalue weighted by Gasteiger charge is 2.25. The SMILES string of the molecule is Cc1ccc(C2CCC(COc3cccc(F)c3F)CC2)c(F)c1. The molecule has 0 amide bonds. The van der Waals surface area contributed by atoms with Crippen LogP contribution in [0.5, 0.6) is 5.75 Å². The summed E-state index contributed by atoms with van der Waals surface area (Å²) in [5.74, 6) is -1.48. The van der Waals surface area contributed by atoms with Gasteiger partial charge in [0, 0.05) is 0 Å². The van der Waals surface area contributed by atoms with Crippen LogP contribution in [0.4, 0.5) is 13.2 Å². The van der Waals surface area contributed by atoms with E-state index >= 15 is 0 Å². The van der Waals surface area contributed by atoms with Crippen molar-refractivity contribution in [3.05, 3.63) is 65.0 Å². The second-order valence-electron chi connectivity index (χ2n) is 6.61. The lowest BCUT2D eigenvalue weighted by Gasteiger charge is -2.29. The highest BCUT2D eigenvalue weighted by atomic mass is 19.2. The topological polar surface area (TPSA) is 9.23 Å². The number of ether oxygens (including phenoxy) is 1. The van der Waals surface area contributed by atoms with Gasteiger partial charge in [-0.2, -0.15) is 4.39 Å². The second-order valence-corrected chi connectivity index (χ2v) is 6.61. The Morgan fingerprint density at radius 3 is 2.42 bits per heavy atom. The van der Waals surface area contributed by atoms with E-state index in [1.54, 1.807) is 6.07 Å². The molecule has 0 radical (unpaired) electrons. The fraction of sp³-hybridized carbons (Fsp3) is 0.400. The molecule has 1 aliphatic carbocycles. The van der Waals surface area contributed by atoms with Gasteiger partial charge in [-0.1, -0.05) is 18.2 Å². The van der Waals surface area contributed by atoms with Gasteiger partial charge >= 0.3 is 0 Å². The summed E-state index contributed by atoms with van der Waals surface area (Å²) in [5.41, 5.74) is 1.71. The van der Waals surface area contributed by atoms with Crippen LogP contribution < -0.4 is 4.74 Å². The van der Waals surface area contributed by atoms with Crippen molar-refractivity contribution in [2.75, 3.05) is 6.61 Å². The lowest BCUT2D eigenvalue weighted by Crippen LogP contribution is -2.20. The van der Waals surface area contributed by atoms with Crippen molar-refractivity contribution in [3.63, 3.8) is 0 Å². The Labute approximate surface area is 140 Å². The zero-order chi connectivity index (χ0) is 17.1. The number of rotatable bonds is 4. The smallest absolute Gasteiger partial charge is 0.200 e. The summed E-state index contributed by atoms with van der Waals surface area (Å²) in [6.07, 6.45) is 3.57. The predicted molar refractivity (Wildman–Crippen MR) is 87.7 cm³/mol. The molecule has 0 saturated heterocycles. The second kappa shape index (κ2) is 7.29. The molecule has 0 aromatic heterocycles. The van der Waals surface area contributed by atoms with Crippen molar-refractivity contribution in [1.29, 1.82) is 0 Å². The molecule has 0 N–H and O–H groups in total. The third kappa shape index (κ3) is 3.74. The molecule has 0 unspecified atom stereocenters. The van der Waals surface area contributed by atoms with Crippen LogP contribution in [0.25, 0.3) is 0 Å². The van der Waals surface area contributed by atoms with Crippen molar-refractivity contribution in [2.45, 2.75) is 38.5 Å². The molecule has 1 aliphatic rings. The third-order valence-electron chi connectivity index (χ3n) is 4.83. The first kappa shape index (κ1) is 16.9. The number of hydrogen-bond acceptors (Lipinski definition) is 1. The third-order valence-corrected chi connectivity index (χ3v) is 4.83. The highest BCUT2D eigenvalue weighted by molar-refractivity contribution is 5.27. The average Bonchev–Trinajstić information content (AvgIpc) is 2.57. The van der Waals surface area contributed by atoms with E-state index in [9.17, 15) is 13.2 Å². The van der Waals surface area contributed by atoms with Crippen molar-refractivity contribution in [2.24, 2.45) is 5.92 Å². The Balaban J connectivity index is 1.54. The fourth-order valence-corrected chi connectivity index (χ4v) is 3.41. The first-order valence-corrected chi connectivity index (χ1v) is 8.37. The van der Waals surface area contributed by atoms with E-state index in [1.807, 2.05) is 19.1 Å². The van der Waals surface area contributed by atoms with Crippen LogP contribution in [0.15, 0.2) is 36.4 Å². The minimum absolute atomic E-state index is 0.0401. The van der Waals surface area contributed by atoms with Crippen molar-refractivity contribution < 1.29 is 17.9 Å². The van der Waals surface area contributed by atoms with Gasteiger partial charge in [0.1, 0.15) is 5.82 Å². The molecule has 3 rings (SSSR count). The zero-order valence-corrected chi connectivity index (χ0v) is 13.7. The van der Waals surface area contributed by atoms with Crippen molar-refractivity contribution >= 4 is 0 Å². The van der Waals surface area contributed by atoms with E-state index in [0.717, 1.165) is 42.9 Å². The van der Waals surface area contributed by atoms with Crippen molar-refractivity contribution in [3.8, 4) is 5.75 Å². The maximum atomic E-state index is 14.1. The molecule has 1 fully saturated rings. The summed E-state index contributed by atoms with van der Waals surface area (Å²) in [7, 11) is 0. The minimum Gasteiger partial charge on any atom is -0.490 e. The van der Waals surface area contributed by atoms with Gasteiger partial charge in [-0.05, 0) is 73.8 Å². The largest absolute Gasteiger partial charge is 0.490 e. The number of benzene rings is 2. The average molecular weight is 334 g/mol. The van der Waals surface area contributed by atoms with Gasteiger partial charge in [0.05, 0.1) is 6.61 Å². The molecular weight excluding hydrogens is 313 g/mol. The fourth-order valence-electron chi connectivity index (χ4n) is 3.41. The number of halogens is 3. The normalized spacial score (nSPS) is 20.8. The Morgan fingerprint density at radius 1 is 0.958 bits per heavy atom. The molecule has 4 heteroatoms. The van der Waals surface area contributed by atoms with E-state index in [4.69, 9.17) is 4.74 Å². The van der Waals surface area contributed by atoms with Crippen LogP contribution in [0, 0.1) is 30.3 Å². The summed E-state index contributed by atoms with van der Waals surface area (Å²) < 4.78 is 46.3. The molecule has 24 heavy (non-hydrogen) atoms. The Kier molecular flexibility index (Phi) is 5.12. The highest BCUT2D eigenvalue weighted by Crippen LogP contribution is 2.37. The lowest BCUT2D eigenvalue weighted by molar-refractivity contribution is 0.192. The first-order chi connectivity index (χ1) is 11.5. The molecule has 0 atom stereocenters. The summed E-state index contributed by atoms with van der Waals surface area (Å²) in [6.45, 7) is 2.25. The summed E-state index contributed by atoms with van der Waals surface area (Å²) in [4.78, 5) is 0. The minimum atomic E-state index is -0.937. The number of aryl methyl sites for hydroxylation is 1. The van der Waals surface area contributed by atoms with Gasteiger partial charge in [-0.15, -0.1) is 0 Å². The summed E-state index contributed by atoms with van der Waals surface area (Å²) >= 11 is 0. The lowest BCUT2D eigenvalue weighted by atomic mass is 9.78. The van der Waals surface area contributed by atoms with E-state index in [-0.39, 0.29) is 23.4 Å². The molecule has 0 heterocycles. The van der Waals surface area contributed by atoms with Crippen LogP contribution >= 0.6 is 0 Å². The molecule has 0 bridgehead atoms.